The summed E-state index contributed by atoms with van der Waals surface area (Å²) in [5, 5.41) is 10.7. The minimum atomic E-state index is -3.67. The Morgan fingerprint density at radius 3 is 2.33 bits per heavy atom. The number of aliphatic hydroxyl groups is 1. The molecule has 0 aliphatic heterocycles. The fraction of sp³-hybridized carbons (Fsp3) is 0.600. The minimum absolute atomic E-state index is 0.102. The predicted octanol–water partition coefficient (Wildman–Crippen LogP) is 1.97. The second-order valence-corrected chi connectivity index (χ2v) is 7.95. The van der Waals surface area contributed by atoms with Crippen LogP contribution in [0.15, 0.2) is 29.2 Å². The van der Waals surface area contributed by atoms with Crippen LogP contribution in [0.1, 0.15) is 38.5 Å². The summed E-state index contributed by atoms with van der Waals surface area (Å²) in [6, 6.07) is 6.42. The van der Waals surface area contributed by atoms with Crippen molar-refractivity contribution in [2.45, 2.75) is 49.0 Å². The molecule has 2 rings (SSSR count). The van der Waals surface area contributed by atoms with E-state index in [-0.39, 0.29) is 17.1 Å². The molecule has 1 saturated carbocycles. The maximum Gasteiger partial charge on any atom is 0.244 e. The molecule has 0 atom stereocenters. The van der Waals surface area contributed by atoms with Gasteiger partial charge in [0.2, 0.25) is 10.0 Å². The monoisotopic (exact) mass is 312 g/mol. The number of nitrogen functional groups attached to an aromatic ring is 1. The van der Waals surface area contributed by atoms with Crippen molar-refractivity contribution in [2.24, 2.45) is 0 Å². The lowest BCUT2D eigenvalue weighted by atomic mass is 9.95. The molecule has 0 heterocycles. The fourth-order valence-corrected chi connectivity index (χ4v) is 4.29. The van der Waals surface area contributed by atoms with Crippen LogP contribution < -0.4 is 5.73 Å². The van der Waals surface area contributed by atoms with Gasteiger partial charge in [-0.05, 0) is 25.0 Å². The molecule has 1 aromatic carbocycles. The summed E-state index contributed by atoms with van der Waals surface area (Å²) < 4.78 is 26.4. The number of sulfonamides is 1. The van der Waals surface area contributed by atoms with Gasteiger partial charge >= 0.3 is 0 Å². The second-order valence-electron chi connectivity index (χ2n) is 5.94. The number of nitrogens with zero attached hydrogens (tertiary/aromatic N) is 1. The van der Waals surface area contributed by atoms with Crippen LogP contribution in [0.3, 0.4) is 0 Å². The van der Waals surface area contributed by atoms with Crippen molar-refractivity contribution in [3.63, 3.8) is 0 Å². The van der Waals surface area contributed by atoms with Crippen molar-refractivity contribution >= 4 is 15.7 Å². The Morgan fingerprint density at radius 2 is 1.76 bits per heavy atom. The molecule has 6 heteroatoms. The molecule has 21 heavy (non-hydrogen) atoms. The van der Waals surface area contributed by atoms with Gasteiger partial charge in [0.05, 0.1) is 11.3 Å². The summed E-state index contributed by atoms with van der Waals surface area (Å²) in [7, 11) is -2.17. The maximum absolute atomic E-state index is 12.6. The number of rotatable bonds is 4. The molecule has 1 aliphatic carbocycles. The van der Waals surface area contributed by atoms with Gasteiger partial charge < -0.3 is 10.8 Å². The van der Waals surface area contributed by atoms with Crippen LogP contribution in [0, 0.1) is 0 Å². The first-order chi connectivity index (χ1) is 9.85. The molecule has 118 valence electrons. The zero-order valence-corrected chi connectivity index (χ0v) is 13.3. The van der Waals surface area contributed by atoms with E-state index in [2.05, 4.69) is 0 Å². The number of hydrogen-bond donors (Lipinski definition) is 2. The largest absolute Gasteiger partial charge is 0.398 e. The average Bonchev–Trinajstić information content (AvgIpc) is 2.63. The predicted molar refractivity (Wildman–Crippen MR) is 83.3 cm³/mol. The van der Waals surface area contributed by atoms with Gasteiger partial charge in [-0.1, -0.05) is 37.8 Å². The highest BCUT2D eigenvalue weighted by Gasteiger charge is 2.34. The third kappa shape index (κ3) is 3.75. The van der Waals surface area contributed by atoms with E-state index < -0.39 is 15.6 Å². The minimum Gasteiger partial charge on any atom is -0.398 e. The van der Waals surface area contributed by atoms with Crippen molar-refractivity contribution < 1.29 is 13.5 Å². The summed E-state index contributed by atoms with van der Waals surface area (Å²) in [5.41, 5.74) is 5.07. The van der Waals surface area contributed by atoms with E-state index in [0.29, 0.717) is 12.8 Å². The third-order valence-electron chi connectivity index (χ3n) is 4.16. The van der Waals surface area contributed by atoms with Crippen molar-refractivity contribution in [3.05, 3.63) is 24.3 Å². The molecule has 0 saturated heterocycles. The molecule has 0 bridgehead atoms. The van der Waals surface area contributed by atoms with E-state index in [1.807, 2.05) is 0 Å². The van der Waals surface area contributed by atoms with Crippen LogP contribution in [-0.2, 0) is 10.0 Å². The zero-order valence-electron chi connectivity index (χ0n) is 12.5. The van der Waals surface area contributed by atoms with Gasteiger partial charge in [0, 0.05) is 13.6 Å². The van der Waals surface area contributed by atoms with E-state index in [9.17, 15) is 13.5 Å². The summed E-state index contributed by atoms with van der Waals surface area (Å²) in [6.07, 6.45) is 5.39. The molecule has 0 spiro atoms. The first-order valence-electron chi connectivity index (χ1n) is 7.38. The Hall–Kier alpha value is -1.11. The molecular formula is C15H24N2O3S. The van der Waals surface area contributed by atoms with E-state index in [1.54, 1.807) is 18.2 Å². The summed E-state index contributed by atoms with van der Waals surface area (Å²) in [5.74, 6) is 0. The van der Waals surface area contributed by atoms with E-state index in [1.165, 1.54) is 17.4 Å². The van der Waals surface area contributed by atoms with E-state index in [4.69, 9.17) is 5.73 Å². The van der Waals surface area contributed by atoms with Crippen LogP contribution >= 0.6 is 0 Å². The molecule has 3 N–H and O–H groups in total. The summed E-state index contributed by atoms with van der Waals surface area (Å²) in [4.78, 5) is 0.102. The zero-order chi connectivity index (χ0) is 15.5. The molecule has 5 nitrogen and oxygen atoms in total. The van der Waals surface area contributed by atoms with Crippen molar-refractivity contribution in [3.8, 4) is 0 Å². The first kappa shape index (κ1) is 16.3. The number of likely N-dealkylation sites (N-methyl/N-ethyl adjacent to an activating group) is 1. The molecule has 1 fully saturated rings. The number of nitrogens with two attached hydrogens (primary N) is 1. The molecule has 0 radical (unpaired) electrons. The van der Waals surface area contributed by atoms with Crippen molar-refractivity contribution in [1.29, 1.82) is 0 Å². The van der Waals surface area contributed by atoms with Crippen LogP contribution in [0.4, 0.5) is 5.69 Å². The van der Waals surface area contributed by atoms with Gasteiger partial charge in [0.15, 0.2) is 0 Å². The normalized spacial score (nSPS) is 19.4. The average molecular weight is 312 g/mol. The smallest absolute Gasteiger partial charge is 0.244 e. The Labute approximate surface area is 126 Å². The number of para-hydroxylation sites is 1. The van der Waals surface area contributed by atoms with Gasteiger partial charge in [-0.3, -0.25) is 0 Å². The molecule has 0 amide bonds. The van der Waals surface area contributed by atoms with Crippen LogP contribution in [0.25, 0.3) is 0 Å². The lowest BCUT2D eigenvalue weighted by molar-refractivity contribution is 0.0120. The lowest BCUT2D eigenvalue weighted by Crippen LogP contribution is -2.43. The van der Waals surface area contributed by atoms with Gasteiger partial charge in [-0.25, -0.2) is 8.42 Å². The highest BCUT2D eigenvalue weighted by atomic mass is 32.2. The number of benzene rings is 1. The number of anilines is 1. The quantitative estimate of drug-likeness (QED) is 0.658. The third-order valence-corrected chi connectivity index (χ3v) is 6.04. The Morgan fingerprint density at radius 1 is 1.19 bits per heavy atom. The Balaban J connectivity index is 2.19. The number of hydrogen-bond acceptors (Lipinski definition) is 4. The van der Waals surface area contributed by atoms with Gasteiger partial charge in [-0.15, -0.1) is 0 Å². The summed E-state index contributed by atoms with van der Waals surface area (Å²) >= 11 is 0. The highest BCUT2D eigenvalue weighted by Crippen LogP contribution is 2.30. The van der Waals surface area contributed by atoms with E-state index in [0.717, 1.165) is 25.7 Å². The molecule has 0 unspecified atom stereocenters. The summed E-state index contributed by atoms with van der Waals surface area (Å²) in [6.45, 7) is 0.115. The van der Waals surface area contributed by atoms with Gasteiger partial charge in [0.1, 0.15) is 4.90 Å². The molecule has 1 aliphatic rings. The fourth-order valence-electron chi connectivity index (χ4n) is 2.93. The van der Waals surface area contributed by atoms with Crippen LogP contribution in [0.2, 0.25) is 0 Å². The van der Waals surface area contributed by atoms with Crippen LogP contribution in [-0.4, -0.2) is 37.0 Å². The topological polar surface area (TPSA) is 83.6 Å². The maximum atomic E-state index is 12.6. The standard InChI is InChI=1S/C15H24N2O3S/c1-17(12-15(18)10-6-2-3-7-11-15)21(19,20)14-9-5-4-8-13(14)16/h4-5,8-9,18H,2-3,6-7,10-12,16H2,1H3. The SMILES string of the molecule is CN(CC1(O)CCCCCC1)S(=O)(=O)c1ccccc1N. The Bertz CT molecular complexity index is 578. The van der Waals surface area contributed by atoms with Crippen molar-refractivity contribution in [1.82, 2.24) is 4.31 Å². The second kappa shape index (κ2) is 6.34. The van der Waals surface area contributed by atoms with Gasteiger partial charge in [-0.2, -0.15) is 4.31 Å². The molecule has 1 aromatic rings. The molecule has 0 aromatic heterocycles. The highest BCUT2D eigenvalue weighted by molar-refractivity contribution is 7.89. The van der Waals surface area contributed by atoms with Crippen molar-refractivity contribution in [2.75, 3.05) is 19.3 Å². The van der Waals surface area contributed by atoms with Crippen LogP contribution in [0.5, 0.6) is 0 Å². The van der Waals surface area contributed by atoms with E-state index >= 15 is 0 Å². The van der Waals surface area contributed by atoms with Gasteiger partial charge in [0.25, 0.3) is 0 Å². The molecular weight excluding hydrogens is 288 g/mol. The first-order valence-corrected chi connectivity index (χ1v) is 8.82. The Kier molecular flexibility index (Phi) is 4.91. The lowest BCUT2D eigenvalue weighted by Gasteiger charge is -2.31.